The highest BCUT2D eigenvalue weighted by Crippen LogP contribution is 2.36. The Balaban J connectivity index is 1.76. The lowest BCUT2D eigenvalue weighted by Gasteiger charge is -2.31. The van der Waals surface area contributed by atoms with E-state index in [1.807, 2.05) is 17.2 Å². The van der Waals surface area contributed by atoms with Crippen molar-refractivity contribution < 1.29 is 22.7 Å². The van der Waals surface area contributed by atoms with Crippen LogP contribution in [0.4, 0.5) is 24.5 Å². The minimum atomic E-state index is -4.48. The van der Waals surface area contributed by atoms with E-state index >= 15 is 0 Å². The molecule has 1 saturated heterocycles. The summed E-state index contributed by atoms with van der Waals surface area (Å²) in [6.07, 6.45) is -4.48. The number of hydrogen-bond acceptors (Lipinski definition) is 6. The molecule has 27 heavy (non-hydrogen) atoms. The van der Waals surface area contributed by atoms with Crippen molar-refractivity contribution in [1.82, 2.24) is 4.98 Å². The van der Waals surface area contributed by atoms with Crippen LogP contribution in [0.15, 0.2) is 27.9 Å². The first-order valence-corrected chi connectivity index (χ1v) is 10.1. The number of carbonyl (C=O) groups is 1. The van der Waals surface area contributed by atoms with E-state index in [9.17, 15) is 18.0 Å². The van der Waals surface area contributed by atoms with E-state index < -0.39 is 11.7 Å². The standard InChI is InChI=1S/C17H18F3N3O2S2/c1-11-9-26-16(21-11)27-10-15(24)22-13-8-12(17(18,19)20)2-3-14(13)23-4-6-25-7-5-23/h2-3,8-9H,4-7,10H2,1H3,(H,22,24). The Morgan fingerprint density at radius 2 is 2.11 bits per heavy atom. The molecule has 146 valence electrons. The third-order valence-electron chi connectivity index (χ3n) is 3.87. The number of aromatic nitrogens is 1. The zero-order valence-electron chi connectivity index (χ0n) is 14.5. The summed E-state index contributed by atoms with van der Waals surface area (Å²) in [6, 6.07) is 3.43. The Morgan fingerprint density at radius 1 is 1.37 bits per heavy atom. The Hall–Kier alpha value is -1.78. The van der Waals surface area contributed by atoms with Gasteiger partial charge in [-0.25, -0.2) is 4.98 Å². The normalized spacial score (nSPS) is 15.0. The van der Waals surface area contributed by atoms with Crippen molar-refractivity contribution in [1.29, 1.82) is 0 Å². The molecule has 0 spiro atoms. The Bertz CT molecular complexity index is 805. The number of carbonyl (C=O) groups excluding carboxylic acids is 1. The van der Waals surface area contributed by atoms with E-state index in [1.54, 1.807) is 0 Å². The molecule has 0 unspecified atom stereocenters. The molecular weight excluding hydrogens is 399 g/mol. The molecule has 0 bridgehead atoms. The van der Waals surface area contributed by atoms with Gasteiger partial charge in [-0.05, 0) is 25.1 Å². The molecule has 1 amide bonds. The molecule has 1 aliphatic heterocycles. The maximum absolute atomic E-state index is 13.1. The van der Waals surface area contributed by atoms with Crippen LogP contribution in [0, 0.1) is 6.92 Å². The molecule has 5 nitrogen and oxygen atoms in total. The lowest BCUT2D eigenvalue weighted by Crippen LogP contribution is -2.37. The van der Waals surface area contributed by atoms with Crippen LogP contribution in [0.5, 0.6) is 0 Å². The molecule has 0 atom stereocenters. The fourth-order valence-electron chi connectivity index (χ4n) is 2.60. The van der Waals surface area contributed by atoms with Crippen LogP contribution < -0.4 is 10.2 Å². The number of rotatable bonds is 5. The number of halogens is 3. The lowest BCUT2D eigenvalue weighted by molar-refractivity contribution is -0.137. The van der Waals surface area contributed by atoms with Crippen LogP contribution in [-0.4, -0.2) is 42.9 Å². The average molecular weight is 417 g/mol. The molecule has 1 N–H and O–H groups in total. The minimum Gasteiger partial charge on any atom is -0.378 e. The van der Waals surface area contributed by atoms with Crippen molar-refractivity contribution >= 4 is 40.4 Å². The van der Waals surface area contributed by atoms with Crippen LogP contribution >= 0.6 is 23.1 Å². The van der Waals surface area contributed by atoms with Gasteiger partial charge >= 0.3 is 6.18 Å². The molecule has 1 aromatic heterocycles. The third-order valence-corrected chi connectivity index (χ3v) is 6.01. The first kappa shape index (κ1) is 20.0. The number of thioether (sulfide) groups is 1. The zero-order chi connectivity index (χ0) is 19.4. The number of aryl methyl sites for hydroxylation is 1. The fourth-order valence-corrected chi connectivity index (χ4v) is 4.25. The summed E-state index contributed by atoms with van der Waals surface area (Å²) in [5.74, 6) is -0.298. The van der Waals surface area contributed by atoms with E-state index in [0.717, 1.165) is 22.2 Å². The number of amides is 1. The number of morpholine rings is 1. The van der Waals surface area contributed by atoms with E-state index in [-0.39, 0.29) is 17.3 Å². The summed E-state index contributed by atoms with van der Waals surface area (Å²) in [4.78, 5) is 18.5. The molecule has 10 heteroatoms. The molecule has 2 heterocycles. The Kier molecular flexibility index (Phi) is 6.28. The molecule has 0 saturated carbocycles. The summed E-state index contributed by atoms with van der Waals surface area (Å²) < 4.78 is 45.3. The summed E-state index contributed by atoms with van der Waals surface area (Å²) in [7, 11) is 0. The first-order chi connectivity index (χ1) is 12.8. The summed E-state index contributed by atoms with van der Waals surface area (Å²) in [5, 5.41) is 4.51. The second-order valence-electron chi connectivity index (χ2n) is 5.92. The highest BCUT2D eigenvalue weighted by Gasteiger charge is 2.32. The summed E-state index contributed by atoms with van der Waals surface area (Å²) in [5.41, 5.74) is 0.802. The number of ether oxygens (including phenoxy) is 1. The zero-order valence-corrected chi connectivity index (χ0v) is 16.1. The van der Waals surface area contributed by atoms with Crippen molar-refractivity contribution in [2.24, 2.45) is 0 Å². The highest BCUT2D eigenvalue weighted by molar-refractivity contribution is 8.01. The van der Waals surface area contributed by atoms with Crippen LogP contribution in [0.25, 0.3) is 0 Å². The number of hydrogen-bond donors (Lipinski definition) is 1. The number of benzene rings is 1. The van der Waals surface area contributed by atoms with Gasteiger partial charge in [0.2, 0.25) is 5.91 Å². The predicted molar refractivity (Wildman–Crippen MR) is 101 cm³/mol. The van der Waals surface area contributed by atoms with Gasteiger partial charge in [0.1, 0.15) is 0 Å². The van der Waals surface area contributed by atoms with Gasteiger partial charge in [0, 0.05) is 24.2 Å². The Morgan fingerprint density at radius 3 is 2.74 bits per heavy atom. The number of nitrogens with one attached hydrogen (secondary N) is 1. The average Bonchev–Trinajstić information content (AvgIpc) is 3.05. The van der Waals surface area contributed by atoms with Gasteiger partial charge in [-0.1, -0.05) is 11.8 Å². The molecule has 1 fully saturated rings. The molecule has 0 radical (unpaired) electrons. The molecule has 3 rings (SSSR count). The molecule has 1 aromatic carbocycles. The van der Waals surface area contributed by atoms with Gasteiger partial charge < -0.3 is 15.0 Å². The topological polar surface area (TPSA) is 54.5 Å². The summed E-state index contributed by atoms with van der Waals surface area (Å²) >= 11 is 2.69. The van der Waals surface area contributed by atoms with Gasteiger partial charge in [0.25, 0.3) is 0 Å². The fraction of sp³-hybridized carbons (Fsp3) is 0.412. The van der Waals surface area contributed by atoms with Gasteiger partial charge in [-0.3, -0.25) is 4.79 Å². The van der Waals surface area contributed by atoms with Crippen LogP contribution in [0.1, 0.15) is 11.3 Å². The SMILES string of the molecule is Cc1csc(SCC(=O)Nc2cc(C(F)(F)F)ccc2N2CCOCC2)n1. The number of thiazole rings is 1. The number of nitrogens with zero attached hydrogens (tertiary/aromatic N) is 2. The monoisotopic (exact) mass is 417 g/mol. The van der Waals surface area contributed by atoms with Crippen molar-refractivity contribution in [2.75, 3.05) is 42.3 Å². The van der Waals surface area contributed by atoms with E-state index in [4.69, 9.17) is 4.74 Å². The van der Waals surface area contributed by atoms with Crippen molar-refractivity contribution in [2.45, 2.75) is 17.4 Å². The van der Waals surface area contributed by atoms with Crippen LogP contribution in [0.2, 0.25) is 0 Å². The van der Waals surface area contributed by atoms with Gasteiger partial charge in [-0.15, -0.1) is 11.3 Å². The van der Waals surface area contributed by atoms with Gasteiger partial charge in [0.05, 0.1) is 35.9 Å². The first-order valence-electron chi connectivity index (χ1n) is 8.21. The molecular formula is C17H18F3N3O2S2. The second kappa shape index (κ2) is 8.49. The van der Waals surface area contributed by atoms with Crippen LogP contribution in [0.3, 0.4) is 0 Å². The minimum absolute atomic E-state index is 0.0751. The van der Waals surface area contributed by atoms with E-state index in [0.29, 0.717) is 32.0 Å². The Labute approximate surface area is 162 Å². The third kappa shape index (κ3) is 5.36. The quantitative estimate of drug-likeness (QED) is 0.745. The molecule has 2 aromatic rings. The van der Waals surface area contributed by atoms with Gasteiger partial charge in [0.15, 0.2) is 4.34 Å². The van der Waals surface area contributed by atoms with Gasteiger partial charge in [-0.2, -0.15) is 13.2 Å². The second-order valence-corrected chi connectivity index (χ2v) is 8.00. The molecule has 0 aliphatic carbocycles. The van der Waals surface area contributed by atoms with E-state index in [2.05, 4.69) is 10.3 Å². The smallest absolute Gasteiger partial charge is 0.378 e. The lowest BCUT2D eigenvalue weighted by atomic mass is 10.1. The number of alkyl halides is 3. The van der Waals surface area contributed by atoms with E-state index in [1.165, 1.54) is 29.2 Å². The van der Waals surface area contributed by atoms with Crippen molar-refractivity contribution in [3.05, 3.63) is 34.8 Å². The maximum Gasteiger partial charge on any atom is 0.416 e. The van der Waals surface area contributed by atoms with Crippen molar-refractivity contribution in [3.8, 4) is 0 Å². The predicted octanol–water partition coefficient (Wildman–Crippen LogP) is 4.04. The largest absolute Gasteiger partial charge is 0.416 e. The van der Waals surface area contributed by atoms with Crippen LogP contribution in [-0.2, 0) is 15.7 Å². The van der Waals surface area contributed by atoms with Crippen molar-refractivity contribution in [3.63, 3.8) is 0 Å². The number of anilines is 2. The highest BCUT2D eigenvalue weighted by atomic mass is 32.2. The molecule has 1 aliphatic rings. The summed E-state index contributed by atoms with van der Waals surface area (Å²) in [6.45, 7) is 3.96. The maximum atomic E-state index is 13.1.